The highest BCUT2D eigenvalue weighted by Gasteiger charge is 2.11. The second kappa shape index (κ2) is 6.91. The summed E-state index contributed by atoms with van der Waals surface area (Å²) >= 11 is 13.8. The summed E-state index contributed by atoms with van der Waals surface area (Å²) in [5.74, 6) is 1.40. The molecule has 0 saturated heterocycles. The lowest BCUT2D eigenvalue weighted by atomic mass is 10.2. The van der Waals surface area contributed by atoms with Crippen molar-refractivity contribution < 1.29 is 4.74 Å². The number of benzene rings is 1. The van der Waals surface area contributed by atoms with E-state index in [-0.39, 0.29) is 5.28 Å². The molecular formula is C16H15Cl2N3OS. The summed E-state index contributed by atoms with van der Waals surface area (Å²) in [6, 6.07) is 7.79. The molecule has 0 saturated carbocycles. The lowest BCUT2D eigenvalue weighted by Crippen LogP contribution is -2.02. The van der Waals surface area contributed by atoms with Crippen LogP contribution in [0, 0.1) is 0 Å². The molecule has 7 heteroatoms. The number of aryl methyl sites for hydroxylation is 1. The molecule has 0 aliphatic rings. The van der Waals surface area contributed by atoms with Crippen LogP contribution in [0.4, 0.5) is 5.82 Å². The van der Waals surface area contributed by atoms with E-state index in [9.17, 15) is 0 Å². The molecule has 4 nitrogen and oxygen atoms in total. The monoisotopic (exact) mass is 367 g/mol. The molecule has 0 unspecified atom stereocenters. The first kappa shape index (κ1) is 16.3. The highest BCUT2D eigenvalue weighted by Crippen LogP contribution is 2.31. The molecule has 3 rings (SSSR count). The van der Waals surface area contributed by atoms with Crippen molar-refractivity contribution in [3.8, 4) is 5.75 Å². The lowest BCUT2D eigenvalue weighted by molar-refractivity contribution is 0.415. The Hall–Kier alpha value is -1.56. The van der Waals surface area contributed by atoms with Crippen LogP contribution in [0.25, 0.3) is 10.2 Å². The van der Waals surface area contributed by atoms with Crippen molar-refractivity contribution in [2.24, 2.45) is 0 Å². The van der Waals surface area contributed by atoms with E-state index in [0.717, 1.165) is 28.0 Å². The van der Waals surface area contributed by atoms with E-state index in [1.165, 1.54) is 4.88 Å². The van der Waals surface area contributed by atoms with Crippen LogP contribution in [0.1, 0.15) is 17.4 Å². The fraction of sp³-hybridized carbons (Fsp3) is 0.250. The maximum Gasteiger partial charge on any atom is 0.225 e. The molecule has 3 aromatic rings. The molecule has 0 aliphatic carbocycles. The summed E-state index contributed by atoms with van der Waals surface area (Å²) in [4.78, 5) is 10.8. The van der Waals surface area contributed by atoms with Crippen molar-refractivity contribution >= 4 is 50.6 Å². The van der Waals surface area contributed by atoms with Gasteiger partial charge in [-0.2, -0.15) is 0 Å². The number of thiophene rings is 1. The maximum absolute atomic E-state index is 6.16. The highest BCUT2D eigenvalue weighted by molar-refractivity contribution is 7.18. The van der Waals surface area contributed by atoms with Gasteiger partial charge in [-0.05, 0) is 41.8 Å². The zero-order chi connectivity index (χ0) is 16.4. The minimum atomic E-state index is 0.247. The average molecular weight is 368 g/mol. The van der Waals surface area contributed by atoms with E-state index in [1.807, 2.05) is 18.2 Å². The summed E-state index contributed by atoms with van der Waals surface area (Å²) in [6.45, 7) is 2.70. The zero-order valence-electron chi connectivity index (χ0n) is 12.7. The molecule has 0 atom stereocenters. The number of methoxy groups -OCH3 is 1. The van der Waals surface area contributed by atoms with Crippen LogP contribution >= 0.6 is 34.5 Å². The summed E-state index contributed by atoms with van der Waals surface area (Å²) < 4.78 is 5.16. The van der Waals surface area contributed by atoms with E-state index in [0.29, 0.717) is 17.3 Å². The van der Waals surface area contributed by atoms with Crippen LogP contribution in [0.2, 0.25) is 10.3 Å². The Kier molecular flexibility index (Phi) is 4.90. The Labute approximate surface area is 148 Å². The Bertz CT molecular complexity index is 851. The van der Waals surface area contributed by atoms with Crippen LogP contribution in [0.15, 0.2) is 24.3 Å². The molecule has 2 heterocycles. The lowest BCUT2D eigenvalue weighted by Gasteiger charge is -2.09. The van der Waals surface area contributed by atoms with Crippen LogP contribution in [0.3, 0.4) is 0 Å². The van der Waals surface area contributed by atoms with E-state index < -0.39 is 0 Å². The number of nitrogens with zero attached hydrogens (tertiary/aromatic N) is 2. The minimum Gasteiger partial charge on any atom is -0.495 e. The summed E-state index contributed by atoms with van der Waals surface area (Å²) in [5.41, 5.74) is 1.03. The van der Waals surface area contributed by atoms with Gasteiger partial charge in [-0.3, -0.25) is 0 Å². The summed E-state index contributed by atoms with van der Waals surface area (Å²) in [5, 5.41) is 5.15. The third-order valence-electron chi connectivity index (χ3n) is 3.44. The van der Waals surface area contributed by atoms with E-state index in [1.54, 1.807) is 18.4 Å². The number of hydrogen-bond donors (Lipinski definition) is 1. The Balaban J connectivity index is 1.86. The van der Waals surface area contributed by atoms with Gasteiger partial charge in [-0.15, -0.1) is 11.3 Å². The predicted octanol–water partition coefficient (Wildman–Crippen LogP) is 5.18. The Morgan fingerprint density at radius 3 is 2.74 bits per heavy atom. The van der Waals surface area contributed by atoms with E-state index >= 15 is 0 Å². The quantitative estimate of drug-likeness (QED) is 0.631. The number of halogens is 2. The topological polar surface area (TPSA) is 47.0 Å². The number of rotatable bonds is 5. The number of hydrogen-bond acceptors (Lipinski definition) is 5. The van der Waals surface area contributed by atoms with Crippen LogP contribution in [-0.4, -0.2) is 17.1 Å². The average Bonchev–Trinajstić information content (AvgIpc) is 2.95. The van der Waals surface area contributed by atoms with Gasteiger partial charge >= 0.3 is 0 Å². The second-order valence-electron chi connectivity index (χ2n) is 4.95. The largest absolute Gasteiger partial charge is 0.495 e. The van der Waals surface area contributed by atoms with Crippen molar-refractivity contribution in [2.75, 3.05) is 12.4 Å². The molecule has 1 N–H and O–H groups in total. The molecule has 0 spiro atoms. The number of aromatic nitrogens is 2. The number of fused-ring (bicyclic) bond motifs is 1. The normalized spacial score (nSPS) is 11.0. The maximum atomic E-state index is 6.16. The Morgan fingerprint density at radius 1 is 1.22 bits per heavy atom. The zero-order valence-corrected chi connectivity index (χ0v) is 15.0. The third kappa shape index (κ3) is 3.52. The van der Waals surface area contributed by atoms with Gasteiger partial charge < -0.3 is 10.1 Å². The van der Waals surface area contributed by atoms with Gasteiger partial charge in [0.15, 0.2) is 0 Å². The molecule has 2 aromatic heterocycles. The first-order valence-electron chi connectivity index (χ1n) is 7.13. The van der Waals surface area contributed by atoms with E-state index in [2.05, 4.69) is 28.3 Å². The molecule has 0 radical (unpaired) electrons. The molecule has 0 bridgehead atoms. The van der Waals surface area contributed by atoms with Crippen molar-refractivity contribution in [3.05, 3.63) is 45.0 Å². The second-order valence-corrected chi connectivity index (χ2v) is 6.81. The fourth-order valence-corrected chi connectivity index (χ4v) is 3.73. The van der Waals surface area contributed by atoms with Gasteiger partial charge in [0, 0.05) is 11.4 Å². The predicted molar refractivity (Wildman–Crippen MR) is 97.1 cm³/mol. The Morgan fingerprint density at radius 2 is 2.04 bits per heavy atom. The van der Waals surface area contributed by atoms with Crippen LogP contribution in [0.5, 0.6) is 5.75 Å². The molecule has 0 aliphatic heterocycles. The van der Waals surface area contributed by atoms with Crippen molar-refractivity contribution in [2.45, 2.75) is 19.9 Å². The third-order valence-corrected chi connectivity index (χ3v) is 5.08. The van der Waals surface area contributed by atoms with E-state index in [4.69, 9.17) is 27.9 Å². The molecule has 120 valence electrons. The van der Waals surface area contributed by atoms with Gasteiger partial charge in [-0.1, -0.05) is 24.6 Å². The van der Waals surface area contributed by atoms with Gasteiger partial charge in [0.1, 0.15) is 16.4 Å². The van der Waals surface area contributed by atoms with Gasteiger partial charge in [-0.25, -0.2) is 9.97 Å². The van der Waals surface area contributed by atoms with Gasteiger partial charge in [0.25, 0.3) is 0 Å². The molecule has 1 aromatic carbocycles. The molecule has 0 amide bonds. The van der Waals surface area contributed by atoms with Crippen molar-refractivity contribution in [3.63, 3.8) is 0 Å². The first-order valence-corrected chi connectivity index (χ1v) is 8.70. The number of anilines is 1. The molecule has 23 heavy (non-hydrogen) atoms. The highest BCUT2D eigenvalue weighted by atomic mass is 35.5. The summed E-state index contributed by atoms with van der Waals surface area (Å²) in [7, 11) is 1.60. The number of nitrogens with one attached hydrogen (secondary N) is 1. The van der Waals surface area contributed by atoms with Crippen molar-refractivity contribution in [1.29, 1.82) is 0 Å². The molecule has 0 fully saturated rings. The van der Waals surface area contributed by atoms with Crippen LogP contribution < -0.4 is 10.1 Å². The fourth-order valence-electron chi connectivity index (χ4n) is 2.26. The van der Waals surface area contributed by atoms with Crippen molar-refractivity contribution in [1.82, 2.24) is 9.97 Å². The molecular weight excluding hydrogens is 353 g/mol. The standard InChI is InChI=1S/C16H15Cl2N3OS/c1-3-10-7-11-14(20-16(18)21-15(11)23-10)19-8-9-4-5-13(22-2)12(17)6-9/h4-7H,3,8H2,1-2H3,(H,19,20,21). The first-order chi connectivity index (χ1) is 11.1. The van der Waals surface area contributed by atoms with Gasteiger partial charge in [0.05, 0.1) is 17.5 Å². The smallest absolute Gasteiger partial charge is 0.225 e. The minimum absolute atomic E-state index is 0.247. The number of ether oxygens (including phenoxy) is 1. The van der Waals surface area contributed by atoms with Gasteiger partial charge in [0.2, 0.25) is 5.28 Å². The van der Waals surface area contributed by atoms with Crippen LogP contribution in [-0.2, 0) is 13.0 Å². The SMILES string of the molecule is CCc1cc2c(NCc3ccc(OC)c(Cl)c3)nc(Cl)nc2s1. The summed E-state index contributed by atoms with van der Waals surface area (Å²) in [6.07, 6.45) is 0.964.